The number of aromatic nitrogens is 3. The van der Waals surface area contributed by atoms with Crippen LogP contribution < -0.4 is 5.73 Å². The van der Waals surface area contributed by atoms with Crippen LogP contribution in [-0.2, 0) is 6.54 Å². The van der Waals surface area contributed by atoms with Gasteiger partial charge in [0, 0.05) is 29.2 Å². The second-order valence-corrected chi connectivity index (χ2v) is 7.66. The van der Waals surface area contributed by atoms with Crippen LogP contribution in [0.25, 0.3) is 10.3 Å². The topological polar surface area (TPSA) is 67.9 Å². The fourth-order valence-electron chi connectivity index (χ4n) is 3.00. The van der Waals surface area contributed by atoms with Gasteiger partial charge in [0.25, 0.3) is 0 Å². The largest absolute Gasteiger partial charge is 0.375 e. The summed E-state index contributed by atoms with van der Waals surface area (Å²) in [5.74, 6) is 0.532. The second-order valence-electron chi connectivity index (χ2n) is 5.63. The zero-order valence-electron chi connectivity index (χ0n) is 12.1. The Balaban J connectivity index is 1.43. The summed E-state index contributed by atoms with van der Waals surface area (Å²) in [7, 11) is 0. The molecule has 5 nitrogen and oxygen atoms in total. The minimum absolute atomic E-state index is 0.532. The zero-order chi connectivity index (χ0) is 14.9. The summed E-state index contributed by atoms with van der Waals surface area (Å²) in [5.41, 5.74) is 9.62. The molecule has 0 aromatic carbocycles. The van der Waals surface area contributed by atoms with E-state index in [4.69, 9.17) is 10.7 Å². The van der Waals surface area contributed by atoms with Crippen LogP contribution in [0.1, 0.15) is 29.3 Å². The first-order valence-electron chi connectivity index (χ1n) is 7.40. The van der Waals surface area contributed by atoms with Crippen molar-refractivity contribution in [1.29, 1.82) is 0 Å². The smallest absolute Gasteiger partial charge is 0.182 e. The summed E-state index contributed by atoms with van der Waals surface area (Å²) < 4.78 is 1.07. The van der Waals surface area contributed by atoms with E-state index in [1.54, 1.807) is 11.3 Å². The van der Waals surface area contributed by atoms with Crippen molar-refractivity contribution in [2.45, 2.75) is 25.3 Å². The molecular formula is C15H17N5S2. The fourth-order valence-corrected chi connectivity index (χ4v) is 4.32. The molecule has 114 valence electrons. The van der Waals surface area contributed by atoms with Crippen LogP contribution in [0.2, 0.25) is 0 Å². The van der Waals surface area contributed by atoms with Gasteiger partial charge >= 0.3 is 0 Å². The number of hydrogen-bond donors (Lipinski definition) is 1. The number of likely N-dealkylation sites (tertiary alicyclic amines) is 1. The lowest BCUT2D eigenvalue weighted by Gasteiger charge is -2.31. The molecule has 0 spiro atoms. The lowest BCUT2D eigenvalue weighted by atomic mass is 9.93. The maximum absolute atomic E-state index is 5.76. The highest BCUT2D eigenvalue weighted by molar-refractivity contribution is 7.21. The van der Waals surface area contributed by atoms with Gasteiger partial charge < -0.3 is 5.73 Å². The summed E-state index contributed by atoms with van der Waals surface area (Å²) in [6, 6.07) is 4.25. The van der Waals surface area contributed by atoms with Crippen LogP contribution in [-0.4, -0.2) is 32.9 Å². The minimum Gasteiger partial charge on any atom is -0.375 e. The Hall–Kier alpha value is -1.57. The van der Waals surface area contributed by atoms with Gasteiger partial charge in [0.05, 0.1) is 10.2 Å². The monoisotopic (exact) mass is 331 g/mol. The van der Waals surface area contributed by atoms with E-state index < -0.39 is 0 Å². The summed E-state index contributed by atoms with van der Waals surface area (Å²) in [6.07, 6.45) is 4.27. The number of anilines is 1. The minimum atomic E-state index is 0.532. The Morgan fingerprint density at radius 3 is 2.86 bits per heavy atom. The number of thiazole rings is 2. The molecule has 3 aromatic heterocycles. The van der Waals surface area contributed by atoms with Gasteiger partial charge in [0.1, 0.15) is 0 Å². The standard InChI is InChI=1S/C15H17N5S2/c16-15-19-14-13(22-15)2-1-12(18-14)10-3-5-20(6-4-10)8-11-7-17-9-21-11/h1-2,7,9-10H,3-6,8H2,(H2,16,18,19). The number of hydrogen-bond acceptors (Lipinski definition) is 7. The number of fused-ring (bicyclic) bond motifs is 1. The molecule has 4 heterocycles. The third-order valence-corrected chi connectivity index (χ3v) is 5.76. The molecule has 1 saturated heterocycles. The van der Waals surface area contributed by atoms with E-state index >= 15 is 0 Å². The molecule has 3 aromatic rings. The summed E-state index contributed by atoms with van der Waals surface area (Å²) in [4.78, 5) is 17.0. The normalized spacial score (nSPS) is 17.3. The lowest BCUT2D eigenvalue weighted by molar-refractivity contribution is 0.205. The van der Waals surface area contributed by atoms with Gasteiger partial charge in [-0.15, -0.1) is 11.3 Å². The number of nitrogen functional groups attached to an aromatic ring is 1. The van der Waals surface area contributed by atoms with Gasteiger partial charge in [-0.3, -0.25) is 9.88 Å². The SMILES string of the molecule is Nc1nc2nc(C3CCN(Cc4cncs4)CC3)ccc2s1. The summed E-state index contributed by atoms with van der Waals surface area (Å²) >= 11 is 3.23. The molecule has 22 heavy (non-hydrogen) atoms. The quantitative estimate of drug-likeness (QED) is 0.798. The molecular weight excluding hydrogens is 314 g/mol. The lowest BCUT2D eigenvalue weighted by Crippen LogP contribution is -2.32. The van der Waals surface area contributed by atoms with E-state index in [1.165, 1.54) is 16.2 Å². The predicted molar refractivity (Wildman–Crippen MR) is 91.2 cm³/mol. The molecule has 1 aliphatic rings. The van der Waals surface area contributed by atoms with E-state index in [0.29, 0.717) is 11.0 Å². The number of pyridine rings is 1. The van der Waals surface area contributed by atoms with Crippen molar-refractivity contribution >= 4 is 38.2 Å². The van der Waals surface area contributed by atoms with Gasteiger partial charge in [-0.1, -0.05) is 11.3 Å². The molecule has 7 heteroatoms. The van der Waals surface area contributed by atoms with Crippen molar-refractivity contribution in [1.82, 2.24) is 19.9 Å². The number of nitrogens with two attached hydrogens (primary N) is 1. The van der Waals surface area contributed by atoms with Gasteiger partial charge in [-0.05, 0) is 38.1 Å². The third kappa shape index (κ3) is 2.84. The molecule has 2 N–H and O–H groups in total. The van der Waals surface area contributed by atoms with Crippen molar-refractivity contribution in [2.75, 3.05) is 18.8 Å². The maximum Gasteiger partial charge on any atom is 0.182 e. The van der Waals surface area contributed by atoms with E-state index in [1.807, 2.05) is 11.7 Å². The highest BCUT2D eigenvalue weighted by Crippen LogP contribution is 2.30. The van der Waals surface area contributed by atoms with Gasteiger partial charge in [-0.2, -0.15) is 0 Å². The van der Waals surface area contributed by atoms with Crippen molar-refractivity contribution in [3.8, 4) is 0 Å². The predicted octanol–water partition coefficient (Wildman–Crippen LogP) is 3.11. The molecule has 0 radical (unpaired) electrons. The first kappa shape index (κ1) is 14.0. The van der Waals surface area contributed by atoms with Gasteiger partial charge in [0.15, 0.2) is 10.8 Å². The molecule has 0 bridgehead atoms. The Morgan fingerprint density at radius 1 is 1.23 bits per heavy atom. The van der Waals surface area contributed by atoms with Crippen molar-refractivity contribution < 1.29 is 0 Å². The zero-order valence-corrected chi connectivity index (χ0v) is 13.7. The van der Waals surface area contributed by atoms with Crippen LogP contribution in [0.3, 0.4) is 0 Å². The molecule has 0 saturated carbocycles. The molecule has 4 rings (SSSR count). The van der Waals surface area contributed by atoms with E-state index in [2.05, 4.69) is 27.0 Å². The van der Waals surface area contributed by atoms with Crippen LogP contribution in [0.4, 0.5) is 5.13 Å². The molecule has 1 fully saturated rings. The van der Waals surface area contributed by atoms with Crippen molar-refractivity contribution in [2.24, 2.45) is 0 Å². The van der Waals surface area contributed by atoms with Gasteiger partial charge in [0.2, 0.25) is 0 Å². The van der Waals surface area contributed by atoms with Crippen LogP contribution in [0, 0.1) is 0 Å². The average Bonchev–Trinajstić information content (AvgIpc) is 3.15. The Morgan fingerprint density at radius 2 is 2.09 bits per heavy atom. The highest BCUT2D eigenvalue weighted by Gasteiger charge is 2.22. The van der Waals surface area contributed by atoms with Crippen molar-refractivity contribution in [3.05, 3.63) is 34.4 Å². The first-order valence-corrected chi connectivity index (χ1v) is 9.10. The summed E-state index contributed by atoms with van der Waals surface area (Å²) in [6.45, 7) is 3.25. The Labute approximate surface area is 136 Å². The van der Waals surface area contributed by atoms with E-state index in [9.17, 15) is 0 Å². The average molecular weight is 331 g/mol. The second kappa shape index (κ2) is 5.91. The van der Waals surface area contributed by atoms with Crippen LogP contribution in [0.5, 0.6) is 0 Å². The Bertz CT molecular complexity index is 759. The fraction of sp³-hybridized carbons (Fsp3) is 0.400. The number of nitrogens with zero attached hydrogens (tertiary/aromatic N) is 4. The van der Waals surface area contributed by atoms with Crippen LogP contribution in [0.15, 0.2) is 23.8 Å². The molecule has 0 aliphatic carbocycles. The third-order valence-electron chi connectivity index (χ3n) is 4.16. The van der Waals surface area contributed by atoms with Gasteiger partial charge in [-0.25, -0.2) is 9.97 Å². The first-order chi connectivity index (χ1) is 10.8. The number of piperidine rings is 1. The summed E-state index contributed by atoms with van der Waals surface area (Å²) in [5, 5.41) is 0.596. The molecule has 1 aliphatic heterocycles. The van der Waals surface area contributed by atoms with Crippen molar-refractivity contribution in [3.63, 3.8) is 0 Å². The molecule has 0 unspecified atom stereocenters. The molecule has 0 atom stereocenters. The highest BCUT2D eigenvalue weighted by atomic mass is 32.1. The maximum atomic E-state index is 5.76. The number of rotatable bonds is 3. The molecule has 0 amide bonds. The van der Waals surface area contributed by atoms with E-state index in [0.717, 1.165) is 48.5 Å². The van der Waals surface area contributed by atoms with E-state index in [-0.39, 0.29) is 0 Å². The Kier molecular flexibility index (Phi) is 3.77. The van der Waals surface area contributed by atoms with Crippen LogP contribution >= 0.6 is 22.7 Å².